The Balaban J connectivity index is 2.10. The Hall–Kier alpha value is -2.64. The summed E-state index contributed by atoms with van der Waals surface area (Å²) in [5, 5.41) is 12.3. The molecule has 0 aliphatic heterocycles. The summed E-state index contributed by atoms with van der Waals surface area (Å²) in [5.41, 5.74) is 1.45. The number of nitrogens with one attached hydrogen (secondary N) is 1. The van der Waals surface area contributed by atoms with Crippen LogP contribution in [0.3, 0.4) is 0 Å². The molecule has 0 saturated carbocycles. The normalized spacial score (nSPS) is 13.2. The van der Waals surface area contributed by atoms with Crippen molar-refractivity contribution in [3.8, 4) is 6.07 Å². The predicted octanol–water partition coefficient (Wildman–Crippen LogP) is 3.74. The molecule has 136 valence electrons. The minimum Gasteiger partial charge on any atom is -0.337 e. The van der Waals surface area contributed by atoms with Gasteiger partial charge in [0.2, 0.25) is 5.91 Å². The van der Waals surface area contributed by atoms with Crippen molar-refractivity contribution < 1.29 is 4.79 Å². The summed E-state index contributed by atoms with van der Waals surface area (Å²) in [6.45, 7) is 7.24. The van der Waals surface area contributed by atoms with Gasteiger partial charge in [-0.15, -0.1) is 0 Å². The maximum Gasteiger partial charge on any atom is 0.235 e. The van der Waals surface area contributed by atoms with E-state index in [-0.39, 0.29) is 18.4 Å². The van der Waals surface area contributed by atoms with E-state index in [0.717, 1.165) is 11.1 Å². The first-order chi connectivity index (χ1) is 12.4. The van der Waals surface area contributed by atoms with Crippen LogP contribution in [0.25, 0.3) is 0 Å². The first-order valence-electron chi connectivity index (χ1n) is 8.95. The molecular weight excluding hydrogens is 322 g/mol. The van der Waals surface area contributed by atoms with E-state index >= 15 is 0 Å². The summed E-state index contributed by atoms with van der Waals surface area (Å²) in [6, 6.07) is 22.4. The molecule has 26 heavy (non-hydrogen) atoms. The van der Waals surface area contributed by atoms with Crippen LogP contribution < -0.4 is 5.32 Å². The third-order valence-corrected chi connectivity index (χ3v) is 4.65. The van der Waals surface area contributed by atoms with Crippen LogP contribution in [0.4, 0.5) is 0 Å². The Morgan fingerprint density at radius 3 is 1.88 bits per heavy atom. The monoisotopic (exact) mass is 349 g/mol. The van der Waals surface area contributed by atoms with E-state index in [1.807, 2.05) is 50.2 Å². The molecule has 0 aliphatic rings. The second-order valence-corrected chi connectivity index (χ2v) is 7.13. The molecule has 4 nitrogen and oxygen atoms in total. The first kappa shape index (κ1) is 19.7. The van der Waals surface area contributed by atoms with Gasteiger partial charge in [-0.2, -0.15) is 5.26 Å². The minimum absolute atomic E-state index is 0.0353. The number of hydrogen-bond donors (Lipinski definition) is 1. The molecule has 0 heterocycles. The predicted molar refractivity (Wildman–Crippen MR) is 104 cm³/mol. The molecule has 0 spiro atoms. The molecular formula is C22H27N3O. The quantitative estimate of drug-likeness (QED) is 0.790. The Kier molecular flexibility index (Phi) is 6.94. The summed E-state index contributed by atoms with van der Waals surface area (Å²) in [7, 11) is 0. The average molecular weight is 349 g/mol. The van der Waals surface area contributed by atoms with E-state index in [1.54, 1.807) is 6.92 Å². The van der Waals surface area contributed by atoms with E-state index in [1.165, 1.54) is 0 Å². The zero-order chi connectivity index (χ0) is 19.0. The van der Waals surface area contributed by atoms with Crippen molar-refractivity contribution in [2.45, 2.75) is 39.4 Å². The van der Waals surface area contributed by atoms with Gasteiger partial charge in [0.25, 0.3) is 0 Å². The average Bonchev–Trinajstić information content (AvgIpc) is 2.63. The van der Waals surface area contributed by atoms with Gasteiger partial charge in [0, 0.05) is 13.1 Å². The van der Waals surface area contributed by atoms with Gasteiger partial charge >= 0.3 is 0 Å². The van der Waals surface area contributed by atoms with Crippen molar-refractivity contribution in [2.75, 3.05) is 6.54 Å². The maximum absolute atomic E-state index is 12.6. The first-order valence-corrected chi connectivity index (χ1v) is 8.95. The summed E-state index contributed by atoms with van der Waals surface area (Å²) in [6.07, 6.45) is 0. The van der Waals surface area contributed by atoms with E-state index in [0.29, 0.717) is 13.1 Å². The van der Waals surface area contributed by atoms with Crippen molar-refractivity contribution in [3.05, 3.63) is 71.8 Å². The Morgan fingerprint density at radius 2 is 1.50 bits per heavy atom. The van der Waals surface area contributed by atoms with Crippen LogP contribution >= 0.6 is 0 Å². The molecule has 0 aromatic heterocycles. The highest BCUT2D eigenvalue weighted by atomic mass is 16.2. The number of nitriles is 1. The van der Waals surface area contributed by atoms with Crippen molar-refractivity contribution >= 4 is 5.91 Å². The molecule has 1 atom stereocenters. The molecule has 0 unspecified atom stereocenters. The van der Waals surface area contributed by atoms with Crippen LogP contribution in [0.1, 0.15) is 31.9 Å². The summed E-state index contributed by atoms with van der Waals surface area (Å²) in [4.78, 5) is 14.7. The fourth-order valence-electron chi connectivity index (χ4n) is 2.68. The molecule has 2 aromatic rings. The van der Waals surface area contributed by atoms with E-state index < -0.39 is 5.54 Å². The van der Waals surface area contributed by atoms with Crippen LogP contribution in [-0.4, -0.2) is 22.9 Å². The molecule has 0 radical (unpaired) electrons. The third-order valence-electron chi connectivity index (χ3n) is 4.65. The summed E-state index contributed by atoms with van der Waals surface area (Å²) in [5.74, 6) is -0.0947. The number of amides is 1. The molecule has 0 saturated heterocycles. The smallest absolute Gasteiger partial charge is 0.235 e. The van der Waals surface area contributed by atoms with E-state index in [2.05, 4.69) is 40.6 Å². The number of carbonyl (C=O) groups excluding carboxylic acids is 1. The molecule has 0 fully saturated rings. The van der Waals surface area contributed by atoms with Gasteiger partial charge < -0.3 is 5.32 Å². The topological polar surface area (TPSA) is 56.1 Å². The van der Waals surface area contributed by atoms with Crippen molar-refractivity contribution in [2.24, 2.45) is 5.92 Å². The Labute approximate surface area is 156 Å². The lowest BCUT2D eigenvalue weighted by Crippen LogP contribution is -2.51. The molecule has 4 heteroatoms. The third kappa shape index (κ3) is 5.72. The highest BCUT2D eigenvalue weighted by Crippen LogP contribution is 2.16. The number of nitrogens with zero attached hydrogens (tertiary/aromatic N) is 2. The van der Waals surface area contributed by atoms with Gasteiger partial charge in [-0.1, -0.05) is 74.5 Å². The molecule has 2 rings (SSSR count). The minimum atomic E-state index is -0.859. The number of hydrogen-bond acceptors (Lipinski definition) is 3. The summed E-state index contributed by atoms with van der Waals surface area (Å²) < 4.78 is 0. The standard InChI is InChI=1S/C22H27N3O/c1-18(2)22(3,17-23)24-21(26)16-25(14-19-10-6-4-7-11-19)15-20-12-8-5-9-13-20/h4-13,18H,14-16H2,1-3H3,(H,24,26)/t22-/m0/s1. The lowest BCUT2D eigenvalue weighted by Gasteiger charge is -2.29. The van der Waals surface area contributed by atoms with Crippen LogP contribution in [0.5, 0.6) is 0 Å². The van der Waals surface area contributed by atoms with Gasteiger partial charge in [-0.05, 0) is 24.0 Å². The van der Waals surface area contributed by atoms with Gasteiger partial charge in [-0.3, -0.25) is 9.69 Å². The molecule has 0 aliphatic carbocycles. The van der Waals surface area contributed by atoms with Crippen molar-refractivity contribution in [3.63, 3.8) is 0 Å². The van der Waals surface area contributed by atoms with E-state index in [4.69, 9.17) is 0 Å². The number of carbonyl (C=O) groups is 1. The van der Waals surface area contributed by atoms with E-state index in [9.17, 15) is 10.1 Å². The van der Waals surface area contributed by atoms with Crippen molar-refractivity contribution in [1.82, 2.24) is 10.2 Å². The highest BCUT2D eigenvalue weighted by molar-refractivity contribution is 5.79. The molecule has 2 aromatic carbocycles. The number of benzene rings is 2. The SMILES string of the molecule is CC(C)[C@](C)(C#N)NC(=O)CN(Cc1ccccc1)Cc1ccccc1. The highest BCUT2D eigenvalue weighted by Gasteiger charge is 2.30. The second kappa shape index (κ2) is 9.17. The van der Waals surface area contributed by atoms with Crippen molar-refractivity contribution in [1.29, 1.82) is 5.26 Å². The Bertz CT molecular complexity index is 695. The van der Waals surface area contributed by atoms with Gasteiger partial charge in [-0.25, -0.2) is 0 Å². The molecule has 1 N–H and O–H groups in total. The lowest BCUT2D eigenvalue weighted by molar-refractivity contribution is -0.124. The van der Waals surface area contributed by atoms with Crippen LogP contribution in [0.15, 0.2) is 60.7 Å². The van der Waals surface area contributed by atoms with Gasteiger partial charge in [0.1, 0.15) is 5.54 Å². The number of rotatable bonds is 8. The zero-order valence-electron chi connectivity index (χ0n) is 15.8. The van der Waals surface area contributed by atoms with Crippen LogP contribution in [-0.2, 0) is 17.9 Å². The second-order valence-electron chi connectivity index (χ2n) is 7.13. The maximum atomic E-state index is 12.6. The molecule has 1 amide bonds. The Morgan fingerprint density at radius 1 is 1.04 bits per heavy atom. The summed E-state index contributed by atoms with van der Waals surface area (Å²) >= 11 is 0. The van der Waals surface area contributed by atoms with Crippen LogP contribution in [0, 0.1) is 17.2 Å². The van der Waals surface area contributed by atoms with Gasteiger partial charge in [0.05, 0.1) is 12.6 Å². The fourth-order valence-corrected chi connectivity index (χ4v) is 2.68. The fraction of sp³-hybridized carbons (Fsp3) is 0.364. The van der Waals surface area contributed by atoms with Crippen LogP contribution in [0.2, 0.25) is 0 Å². The zero-order valence-corrected chi connectivity index (χ0v) is 15.8. The van der Waals surface area contributed by atoms with Gasteiger partial charge in [0.15, 0.2) is 0 Å². The lowest BCUT2D eigenvalue weighted by atomic mass is 9.90. The molecule has 0 bridgehead atoms. The largest absolute Gasteiger partial charge is 0.337 e.